The molecular weight excluding hydrogens is 290 g/mol. The molecule has 1 aromatic rings. The van der Waals surface area contributed by atoms with Gasteiger partial charge in [-0.1, -0.05) is 19.1 Å². The van der Waals surface area contributed by atoms with Gasteiger partial charge in [0.15, 0.2) is 15.8 Å². The molecule has 21 heavy (non-hydrogen) atoms. The van der Waals surface area contributed by atoms with E-state index in [0.717, 1.165) is 12.1 Å². The second-order valence-electron chi connectivity index (χ2n) is 5.01. The van der Waals surface area contributed by atoms with Crippen molar-refractivity contribution in [1.82, 2.24) is 0 Å². The number of aryl methyl sites for hydroxylation is 1. The summed E-state index contributed by atoms with van der Waals surface area (Å²) in [4.78, 5) is 4.16. The van der Waals surface area contributed by atoms with Crippen molar-refractivity contribution in [3.8, 4) is 0 Å². The Morgan fingerprint density at radius 1 is 1.52 bits per heavy atom. The monoisotopic (exact) mass is 311 g/mol. The van der Waals surface area contributed by atoms with Crippen LogP contribution >= 0.6 is 0 Å². The lowest BCUT2D eigenvalue weighted by atomic mass is 10.1. The third kappa shape index (κ3) is 5.02. The number of rotatable bonds is 4. The van der Waals surface area contributed by atoms with E-state index in [1.54, 1.807) is 0 Å². The summed E-state index contributed by atoms with van der Waals surface area (Å²) in [5.41, 5.74) is 7.89. The van der Waals surface area contributed by atoms with Crippen LogP contribution in [0.5, 0.6) is 0 Å². The molecule has 1 aromatic carbocycles. The van der Waals surface area contributed by atoms with Crippen LogP contribution < -0.4 is 11.1 Å². The largest absolute Gasteiger partial charge is 0.374 e. The van der Waals surface area contributed by atoms with Gasteiger partial charge in [-0.05, 0) is 24.1 Å². The lowest BCUT2D eigenvalue weighted by Gasteiger charge is -2.21. The fraction of sp³-hybridized carbons (Fsp3) is 0.500. The van der Waals surface area contributed by atoms with Gasteiger partial charge in [0, 0.05) is 5.69 Å². The van der Waals surface area contributed by atoms with Gasteiger partial charge in [-0.2, -0.15) is 0 Å². The standard InChI is InChI=1S/C14H21N3O3S/c1-2-11-4-3-5-12(8-11)17-14(15)16-9-13-10-21(18,19)7-6-20-13/h3-5,8,13H,2,6-7,9-10H2,1H3,(H3,15,16,17). The zero-order valence-corrected chi connectivity index (χ0v) is 12.9. The Morgan fingerprint density at radius 3 is 3.05 bits per heavy atom. The Kier molecular flexibility index (Phi) is 5.19. The van der Waals surface area contributed by atoms with Crippen molar-refractivity contribution in [2.75, 3.05) is 30.0 Å². The van der Waals surface area contributed by atoms with Crippen molar-refractivity contribution in [3.63, 3.8) is 0 Å². The quantitative estimate of drug-likeness (QED) is 0.633. The van der Waals surface area contributed by atoms with Gasteiger partial charge in [-0.25, -0.2) is 8.42 Å². The lowest BCUT2D eigenvalue weighted by Crippen LogP contribution is -2.37. The number of nitrogens with zero attached hydrogens (tertiary/aromatic N) is 1. The highest BCUT2D eigenvalue weighted by Crippen LogP contribution is 2.11. The van der Waals surface area contributed by atoms with Crippen LogP contribution in [0, 0.1) is 0 Å². The number of nitrogens with two attached hydrogens (primary N) is 1. The molecular formula is C14H21N3O3S. The van der Waals surface area contributed by atoms with Gasteiger partial charge in [0.2, 0.25) is 0 Å². The molecule has 1 atom stereocenters. The number of guanidine groups is 1. The molecule has 1 saturated heterocycles. The smallest absolute Gasteiger partial charge is 0.193 e. The summed E-state index contributed by atoms with van der Waals surface area (Å²) in [6.45, 7) is 2.55. The predicted molar refractivity (Wildman–Crippen MR) is 84.3 cm³/mol. The summed E-state index contributed by atoms with van der Waals surface area (Å²) < 4.78 is 28.4. The van der Waals surface area contributed by atoms with Crippen LogP contribution in [0.4, 0.5) is 5.69 Å². The number of sulfone groups is 1. The summed E-state index contributed by atoms with van der Waals surface area (Å²) in [7, 11) is -3.00. The van der Waals surface area contributed by atoms with Crippen LogP contribution in [0.2, 0.25) is 0 Å². The fourth-order valence-electron chi connectivity index (χ4n) is 2.12. The van der Waals surface area contributed by atoms with Gasteiger partial charge in [0.05, 0.1) is 30.8 Å². The van der Waals surface area contributed by atoms with Crippen molar-refractivity contribution >= 4 is 21.5 Å². The average molecular weight is 311 g/mol. The van der Waals surface area contributed by atoms with E-state index in [2.05, 4.69) is 17.2 Å². The summed E-state index contributed by atoms with van der Waals surface area (Å²) in [5, 5.41) is 3.00. The molecule has 1 aliphatic heterocycles. The zero-order valence-electron chi connectivity index (χ0n) is 12.1. The molecule has 0 radical (unpaired) electrons. The summed E-state index contributed by atoms with van der Waals surface area (Å²) in [6, 6.07) is 7.90. The van der Waals surface area contributed by atoms with Crippen LogP contribution in [-0.2, 0) is 21.0 Å². The first-order chi connectivity index (χ1) is 9.98. The summed E-state index contributed by atoms with van der Waals surface area (Å²) in [5.74, 6) is 0.356. The molecule has 2 rings (SSSR count). The summed E-state index contributed by atoms with van der Waals surface area (Å²) >= 11 is 0. The number of aliphatic imine (C=N–C) groups is 1. The Labute approximate surface area is 125 Å². The van der Waals surface area contributed by atoms with Crippen LogP contribution in [0.25, 0.3) is 0 Å². The van der Waals surface area contributed by atoms with Crippen LogP contribution in [-0.4, -0.2) is 45.1 Å². The Hall–Kier alpha value is -1.60. The maximum Gasteiger partial charge on any atom is 0.193 e. The molecule has 0 bridgehead atoms. The second-order valence-corrected chi connectivity index (χ2v) is 7.24. The summed E-state index contributed by atoms with van der Waals surface area (Å²) in [6.07, 6.45) is 0.534. The normalized spacial score (nSPS) is 22.0. The molecule has 6 nitrogen and oxygen atoms in total. The van der Waals surface area contributed by atoms with Gasteiger partial charge in [-0.3, -0.25) is 4.99 Å². The van der Waals surface area contributed by atoms with Crippen molar-refractivity contribution in [3.05, 3.63) is 29.8 Å². The molecule has 0 saturated carbocycles. The van der Waals surface area contributed by atoms with E-state index < -0.39 is 15.9 Å². The number of benzene rings is 1. The highest BCUT2D eigenvalue weighted by molar-refractivity contribution is 7.91. The van der Waals surface area contributed by atoms with Crippen molar-refractivity contribution < 1.29 is 13.2 Å². The molecule has 0 amide bonds. The van der Waals surface area contributed by atoms with Crippen molar-refractivity contribution in [1.29, 1.82) is 0 Å². The van der Waals surface area contributed by atoms with E-state index in [1.807, 2.05) is 24.3 Å². The molecule has 1 heterocycles. The predicted octanol–water partition coefficient (Wildman–Crippen LogP) is 0.789. The first kappa shape index (κ1) is 15.8. The first-order valence-corrected chi connectivity index (χ1v) is 8.78. The molecule has 116 valence electrons. The Bertz CT molecular complexity index is 614. The topological polar surface area (TPSA) is 93.8 Å². The molecule has 0 aromatic heterocycles. The van der Waals surface area contributed by atoms with Crippen molar-refractivity contribution in [2.45, 2.75) is 19.4 Å². The minimum atomic E-state index is -3.00. The average Bonchev–Trinajstić information content (AvgIpc) is 2.44. The van der Waals surface area contributed by atoms with E-state index in [4.69, 9.17) is 10.5 Å². The fourth-order valence-corrected chi connectivity index (χ4v) is 3.40. The molecule has 1 fully saturated rings. The molecule has 3 N–H and O–H groups in total. The lowest BCUT2D eigenvalue weighted by molar-refractivity contribution is 0.0783. The number of anilines is 1. The minimum Gasteiger partial charge on any atom is -0.374 e. The van der Waals surface area contributed by atoms with Gasteiger partial charge < -0.3 is 15.8 Å². The zero-order chi connectivity index (χ0) is 15.3. The molecule has 7 heteroatoms. The Morgan fingerprint density at radius 2 is 2.33 bits per heavy atom. The SMILES string of the molecule is CCc1cccc(NC(N)=NCC2CS(=O)(=O)CCO2)c1. The molecule has 1 unspecified atom stereocenters. The second kappa shape index (κ2) is 6.91. The number of hydrogen-bond acceptors (Lipinski definition) is 4. The number of ether oxygens (including phenoxy) is 1. The van der Waals surface area contributed by atoms with Gasteiger partial charge >= 0.3 is 0 Å². The third-order valence-corrected chi connectivity index (χ3v) is 4.93. The van der Waals surface area contributed by atoms with E-state index in [9.17, 15) is 8.42 Å². The Balaban J connectivity index is 1.92. The van der Waals surface area contributed by atoms with E-state index in [-0.39, 0.29) is 30.6 Å². The van der Waals surface area contributed by atoms with Gasteiger partial charge in [0.25, 0.3) is 0 Å². The highest BCUT2D eigenvalue weighted by atomic mass is 32.2. The van der Waals surface area contributed by atoms with E-state index in [0.29, 0.717) is 0 Å². The van der Waals surface area contributed by atoms with Crippen LogP contribution in [0.15, 0.2) is 29.3 Å². The maximum absolute atomic E-state index is 11.5. The number of nitrogens with one attached hydrogen (secondary N) is 1. The minimum absolute atomic E-state index is 0.00903. The van der Waals surface area contributed by atoms with E-state index in [1.165, 1.54) is 5.56 Å². The van der Waals surface area contributed by atoms with Crippen molar-refractivity contribution in [2.24, 2.45) is 10.7 Å². The maximum atomic E-state index is 11.5. The van der Waals surface area contributed by atoms with Crippen LogP contribution in [0.3, 0.4) is 0 Å². The number of hydrogen-bond donors (Lipinski definition) is 2. The molecule has 1 aliphatic rings. The van der Waals surface area contributed by atoms with Crippen LogP contribution in [0.1, 0.15) is 12.5 Å². The molecule has 0 spiro atoms. The van der Waals surface area contributed by atoms with E-state index >= 15 is 0 Å². The van der Waals surface area contributed by atoms with Gasteiger partial charge in [0.1, 0.15) is 0 Å². The molecule has 0 aliphatic carbocycles. The third-order valence-electron chi connectivity index (χ3n) is 3.26. The first-order valence-electron chi connectivity index (χ1n) is 6.96. The highest BCUT2D eigenvalue weighted by Gasteiger charge is 2.25. The van der Waals surface area contributed by atoms with Gasteiger partial charge in [-0.15, -0.1) is 0 Å².